The van der Waals surface area contributed by atoms with Crippen LogP contribution in [-0.2, 0) is 11.2 Å². The van der Waals surface area contributed by atoms with Crippen LogP contribution in [0.15, 0.2) is 54.6 Å². The zero-order valence-electron chi connectivity index (χ0n) is 19.1. The van der Waals surface area contributed by atoms with Gasteiger partial charge in [-0.2, -0.15) is 0 Å². The molecule has 1 aliphatic rings. The summed E-state index contributed by atoms with van der Waals surface area (Å²) in [6.45, 7) is 3.26. The highest BCUT2D eigenvalue weighted by molar-refractivity contribution is 5.79. The minimum atomic E-state index is -0.287. The van der Waals surface area contributed by atoms with Crippen molar-refractivity contribution in [1.82, 2.24) is 9.88 Å². The first-order chi connectivity index (χ1) is 15.9. The van der Waals surface area contributed by atoms with Gasteiger partial charge in [-0.15, -0.1) is 0 Å². The highest BCUT2D eigenvalue weighted by Gasteiger charge is 2.28. The Balaban J connectivity index is 1.43. The molecule has 1 N–H and O–H groups in total. The van der Waals surface area contributed by atoms with E-state index in [9.17, 15) is 9.18 Å². The Hall–Kier alpha value is -3.61. The molecule has 0 radical (unpaired) electrons. The largest absolute Gasteiger partial charge is 0.493 e. The number of carbonyl (C=O) groups excluding carboxylic acids is 1. The topological polar surface area (TPSA) is 63.7 Å². The van der Waals surface area contributed by atoms with E-state index in [1.807, 2.05) is 48.2 Å². The van der Waals surface area contributed by atoms with Gasteiger partial charge in [0.05, 0.1) is 20.6 Å². The first-order valence-corrected chi connectivity index (χ1v) is 10.9. The molecule has 0 spiro atoms. The predicted molar refractivity (Wildman–Crippen MR) is 126 cm³/mol. The van der Waals surface area contributed by atoms with Gasteiger partial charge in [-0.1, -0.05) is 12.1 Å². The summed E-state index contributed by atoms with van der Waals surface area (Å²) in [6.07, 6.45) is 1.16. The van der Waals surface area contributed by atoms with E-state index in [1.54, 1.807) is 20.3 Å². The lowest BCUT2D eigenvalue weighted by atomic mass is 10.0. The normalized spacial score (nSPS) is 15.4. The maximum atomic E-state index is 13.5. The smallest absolute Gasteiger partial charge is 0.227 e. The Bertz CT molecular complexity index is 1150. The quantitative estimate of drug-likeness (QED) is 0.559. The van der Waals surface area contributed by atoms with Crippen molar-refractivity contribution in [3.05, 3.63) is 77.4 Å². The van der Waals surface area contributed by atoms with Gasteiger partial charge in [-0.3, -0.25) is 9.78 Å². The number of pyridine rings is 1. The lowest BCUT2D eigenvalue weighted by Crippen LogP contribution is -2.30. The second-order valence-electron chi connectivity index (χ2n) is 8.25. The van der Waals surface area contributed by atoms with E-state index in [0.717, 1.165) is 29.1 Å². The van der Waals surface area contributed by atoms with Crippen LogP contribution >= 0.6 is 0 Å². The van der Waals surface area contributed by atoms with Crippen LogP contribution in [0.1, 0.15) is 29.3 Å². The second kappa shape index (κ2) is 9.90. The van der Waals surface area contributed by atoms with E-state index in [-0.39, 0.29) is 17.6 Å². The fourth-order valence-electron chi connectivity index (χ4n) is 4.21. The number of hydrogen-bond donors (Lipinski definition) is 1. The average Bonchev–Trinajstić information content (AvgIpc) is 3.29. The number of halogens is 1. The fraction of sp³-hybridized carbons (Fsp3) is 0.308. The molecule has 1 aliphatic heterocycles. The SMILES string of the molecule is COc1ccc(CC(=O)N2CC[C@H](c3cc(Nc4cccc(F)c4)cc(C)n3)C2)cc1OC. The maximum Gasteiger partial charge on any atom is 0.227 e. The van der Waals surface area contributed by atoms with Gasteiger partial charge in [0, 0.05) is 41.8 Å². The molecule has 0 saturated carbocycles. The van der Waals surface area contributed by atoms with Crippen molar-refractivity contribution in [2.45, 2.75) is 25.7 Å². The number of likely N-dealkylation sites (tertiary alicyclic amines) is 1. The summed E-state index contributed by atoms with van der Waals surface area (Å²) in [5, 5.41) is 3.25. The van der Waals surface area contributed by atoms with Crippen molar-refractivity contribution < 1.29 is 18.7 Å². The van der Waals surface area contributed by atoms with Crippen molar-refractivity contribution in [1.29, 1.82) is 0 Å². The van der Waals surface area contributed by atoms with Gasteiger partial charge in [0.1, 0.15) is 5.82 Å². The minimum absolute atomic E-state index is 0.0792. The number of amides is 1. The van der Waals surface area contributed by atoms with E-state index in [4.69, 9.17) is 14.5 Å². The van der Waals surface area contributed by atoms with Crippen LogP contribution in [0.2, 0.25) is 0 Å². The molecular formula is C26H28FN3O3. The molecule has 3 aromatic rings. The number of nitrogens with zero attached hydrogens (tertiary/aromatic N) is 2. The van der Waals surface area contributed by atoms with Crippen molar-refractivity contribution in [3.8, 4) is 11.5 Å². The van der Waals surface area contributed by atoms with Crippen LogP contribution < -0.4 is 14.8 Å². The Morgan fingerprint density at radius 3 is 2.67 bits per heavy atom. The molecule has 1 saturated heterocycles. The molecule has 7 heteroatoms. The summed E-state index contributed by atoms with van der Waals surface area (Å²) in [5.74, 6) is 1.21. The third-order valence-corrected chi connectivity index (χ3v) is 5.85. The summed E-state index contributed by atoms with van der Waals surface area (Å²) < 4.78 is 24.1. The first-order valence-electron chi connectivity index (χ1n) is 10.9. The molecule has 1 atom stereocenters. The number of anilines is 2. The van der Waals surface area contributed by atoms with Crippen LogP contribution in [0.4, 0.5) is 15.8 Å². The van der Waals surface area contributed by atoms with Gasteiger partial charge in [-0.05, 0) is 61.4 Å². The summed E-state index contributed by atoms with van der Waals surface area (Å²) in [4.78, 5) is 19.5. The molecule has 0 bridgehead atoms. The van der Waals surface area contributed by atoms with Crippen LogP contribution in [0.5, 0.6) is 11.5 Å². The molecule has 2 heterocycles. The van der Waals surface area contributed by atoms with Crippen molar-refractivity contribution in [2.24, 2.45) is 0 Å². The lowest BCUT2D eigenvalue weighted by Gasteiger charge is -2.18. The highest BCUT2D eigenvalue weighted by atomic mass is 19.1. The highest BCUT2D eigenvalue weighted by Crippen LogP contribution is 2.31. The first kappa shape index (κ1) is 22.6. The maximum absolute atomic E-state index is 13.5. The number of benzene rings is 2. The van der Waals surface area contributed by atoms with E-state index in [2.05, 4.69) is 5.32 Å². The molecule has 1 aromatic heterocycles. The molecule has 172 valence electrons. The number of carbonyl (C=O) groups is 1. The molecule has 0 aliphatic carbocycles. The summed E-state index contributed by atoms with van der Waals surface area (Å²) in [7, 11) is 3.17. The average molecular weight is 450 g/mol. The molecule has 2 aromatic carbocycles. The number of hydrogen-bond acceptors (Lipinski definition) is 5. The molecule has 33 heavy (non-hydrogen) atoms. The number of nitrogens with one attached hydrogen (secondary N) is 1. The van der Waals surface area contributed by atoms with Crippen molar-refractivity contribution >= 4 is 17.3 Å². The fourth-order valence-corrected chi connectivity index (χ4v) is 4.21. The van der Waals surface area contributed by atoms with Gasteiger partial charge in [-0.25, -0.2) is 4.39 Å². The number of aryl methyl sites for hydroxylation is 1. The van der Waals surface area contributed by atoms with Crippen molar-refractivity contribution in [2.75, 3.05) is 32.6 Å². The monoisotopic (exact) mass is 449 g/mol. The van der Waals surface area contributed by atoms with Crippen LogP contribution in [0, 0.1) is 12.7 Å². The molecule has 6 nitrogen and oxygen atoms in total. The van der Waals surface area contributed by atoms with E-state index >= 15 is 0 Å². The predicted octanol–water partition coefficient (Wildman–Crippen LogP) is 4.85. The van der Waals surface area contributed by atoms with E-state index < -0.39 is 0 Å². The lowest BCUT2D eigenvalue weighted by molar-refractivity contribution is -0.129. The summed E-state index contributed by atoms with van der Waals surface area (Å²) >= 11 is 0. The van der Waals surface area contributed by atoms with Gasteiger partial charge < -0.3 is 19.7 Å². The van der Waals surface area contributed by atoms with E-state index in [0.29, 0.717) is 36.7 Å². The molecule has 1 amide bonds. The Morgan fingerprint density at radius 2 is 1.91 bits per heavy atom. The van der Waals surface area contributed by atoms with Gasteiger partial charge in [0.25, 0.3) is 0 Å². The Kier molecular flexibility index (Phi) is 6.77. The minimum Gasteiger partial charge on any atom is -0.493 e. The zero-order chi connectivity index (χ0) is 23.4. The Morgan fingerprint density at radius 1 is 1.09 bits per heavy atom. The number of ether oxygens (including phenoxy) is 2. The van der Waals surface area contributed by atoms with Gasteiger partial charge in [0.2, 0.25) is 5.91 Å². The second-order valence-corrected chi connectivity index (χ2v) is 8.25. The van der Waals surface area contributed by atoms with Gasteiger partial charge in [0.15, 0.2) is 11.5 Å². The Labute approximate surface area is 193 Å². The summed E-state index contributed by atoms with van der Waals surface area (Å²) in [5.41, 5.74) is 4.25. The standard InChI is InChI=1S/C26H28FN3O3/c1-17-11-22(29-21-6-4-5-20(27)14-21)15-23(28-17)19-9-10-30(16-19)26(31)13-18-7-8-24(32-2)25(12-18)33-3/h4-8,11-12,14-15,19H,9-10,13,16H2,1-3H3,(H,28,29)/t19-/m0/s1. The number of aromatic nitrogens is 1. The van der Waals surface area contributed by atoms with Crippen molar-refractivity contribution in [3.63, 3.8) is 0 Å². The molecule has 1 fully saturated rings. The van der Waals surface area contributed by atoms with E-state index in [1.165, 1.54) is 12.1 Å². The molecule has 4 rings (SSSR count). The van der Waals surface area contributed by atoms with Gasteiger partial charge >= 0.3 is 0 Å². The number of methoxy groups -OCH3 is 2. The third-order valence-electron chi connectivity index (χ3n) is 5.85. The summed E-state index contributed by atoms with van der Waals surface area (Å²) in [6, 6.07) is 15.8. The molecule has 0 unspecified atom stereocenters. The van der Waals surface area contributed by atoms with Crippen LogP contribution in [0.3, 0.4) is 0 Å². The zero-order valence-corrected chi connectivity index (χ0v) is 19.1. The van der Waals surface area contributed by atoms with Crippen LogP contribution in [-0.4, -0.2) is 43.1 Å². The molecular weight excluding hydrogens is 421 g/mol. The number of rotatable bonds is 7. The van der Waals surface area contributed by atoms with Crippen LogP contribution in [0.25, 0.3) is 0 Å². The third kappa shape index (κ3) is 5.42.